The number of aliphatic imine (C=N–C) groups is 1. The molecule has 0 saturated carbocycles. The first-order valence-corrected chi connectivity index (χ1v) is 7.34. The quantitative estimate of drug-likeness (QED) is 0.651. The molecular weight excluding hydrogens is 264 g/mol. The minimum absolute atomic E-state index is 0.0151. The molecule has 0 aliphatic heterocycles. The Morgan fingerprint density at radius 1 is 0.900 bits per heavy atom. The molecule has 0 aliphatic rings. The van der Waals surface area contributed by atoms with E-state index in [1.54, 1.807) is 17.5 Å². The zero-order chi connectivity index (χ0) is 13.6. The Balaban J connectivity index is 1.96. The van der Waals surface area contributed by atoms with Crippen molar-refractivity contribution in [1.82, 2.24) is 4.98 Å². The Labute approximate surface area is 122 Å². The van der Waals surface area contributed by atoms with E-state index in [4.69, 9.17) is 4.99 Å². The van der Waals surface area contributed by atoms with Crippen molar-refractivity contribution in [2.24, 2.45) is 4.99 Å². The number of aromatic nitrogens is 1. The molecular formula is C17H14N2S. The summed E-state index contributed by atoms with van der Waals surface area (Å²) in [5.41, 5.74) is 2.37. The minimum Gasteiger partial charge on any atom is -0.277 e. The number of nitrogens with zero attached hydrogens (tertiary/aromatic N) is 2. The summed E-state index contributed by atoms with van der Waals surface area (Å²) >= 11 is 1.59. The van der Waals surface area contributed by atoms with Crippen LogP contribution < -0.4 is 0 Å². The van der Waals surface area contributed by atoms with Crippen LogP contribution in [0, 0.1) is 0 Å². The van der Waals surface area contributed by atoms with E-state index in [9.17, 15) is 0 Å². The maximum absolute atomic E-state index is 4.73. The lowest BCUT2D eigenvalue weighted by molar-refractivity contribution is 0.878. The fourth-order valence-electron chi connectivity index (χ4n) is 2.07. The van der Waals surface area contributed by atoms with Gasteiger partial charge in [-0.05, 0) is 11.1 Å². The van der Waals surface area contributed by atoms with Crippen LogP contribution in [0.1, 0.15) is 22.2 Å². The molecule has 98 valence electrons. The van der Waals surface area contributed by atoms with Gasteiger partial charge in [-0.1, -0.05) is 60.7 Å². The third-order valence-electron chi connectivity index (χ3n) is 3.02. The van der Waals surface area contributed by atoms with Crippen LogP contribution in [0.15, 0.2) is 77.2 Å². The van der Waals surface area contributed by atoms with E-state index in [-0.39, 0.29) is 6.04 Å². The standard InChI is InChI=1S/C17H14N2S/c1-3-7-14(8-4-1)17(15-9-5-2-6-10-15)19-13-16-18-11-12-20-16/h1-13,17H. The molecule has 1 heterocycles. The van der Waals surface area contributed by atoms with Crippen LogP contribution in [0.3, 0.4) is 0 Å². The summed E-state index contributed by atoms with van der Waals surface area (Å²) in [7, 11) is 0. The van der Waals surface area contributed by atoms with Crippen molar-refractivity contribution in [3.05, 3.63) is 88.4 Å². The summed E-state index contributed by atoms with van der Waals surface area (Å²) < 4.78 is 0. The van der Waals surface area contributed by atoms with Gasteiger partial charge >= 0.3 is 0 Å². The van der Waals surface area contributed by atoms with Gasteiger partial charge in [0.05, 0.1) is 6.21 Å². The van der Waals surface area contributed by atoms with E-state index >= 15 is 0 Å². The molecule has 20 heavy (non-hydrogen) atoms. The molecule has 0 atom stereocenters. The molecule has 2 nitrogen and oxygen atoms in total. The van der Waals surface area contributed by atoms with Crippen LogP contribution in [0.5, 0.6) is 0 Å². The van der Waals surface area contributed by atoms with Crippen molar-refractivity contribution >= 4 is 17.6 Å². The third kappa shape index (κ3) is 3.00. The number of hydrogen-bond acceptors (Lipinski definition) is 3. The number of benzene rings is 2. The van der Waals surface area contributed by atoms with Crippen molar-refractivity contribution in [3.8, 4) is 0 Å². The monoisotopic (exact) mass is 278 g/mol. The van der Waals surface area contributed by atoms with Crippen LogP contribution in [-0.2, 0) is 0 Å². The Bertz CT molecular complexity index is 621. The molecule has 1 aromatic heterocycles. The van der Waals surface area contributed by atoms with Gasteiger partial charge in [-0.2, -0.15) is 0 Å². The predicted octanol–water partition coefficient (Wildman–Crippen LogP) is 4.35. The minimum atomic E-state index is 0.0151. The second-order valence-corrected chi connectivity index (χ2v) is 5.30. The number of hydrogen-bond donors (Lipinski definition) is 0. The second kappa shape index (κ2) is 6.26. The lowest BCUT2D eigenvalue weighted by atomic mass is 9.99. The van der Waals surface area contributed by atoms with Crippen molar-refractivity contribution in [2.75, 3.05) is 0 Å². The molecule has 0 fully saturated rings. The van der Waals surface area contributed by atoms with Gasteiger partial charge in [0.25, 0.3) is 0 Å². The zero-order valence-electron chi connectivity index (χ0n) is 10.9. The van der Waals surface area contributed by atoms with Crippen LogP contribution in [0.25, 0.3) is 0 Å². The van der Waals surface area contributed by atoms with E-state index in [0.29, 0.717) is 0 Å². The van der Waals surface area contributed by atoms with E-state index in [2.05, 4.69) is 29.2 Å². The molecule has 0 bridgehead atoms. The number of thiazole rings is 1. The highest BCUT2D eigenvalue weighted by Gasteiger charge is 2.11. The van der Waals surface area contributed by atoms with Crippen LogP contribution in [-0.4, -0.2) is 11.2 Å². The highest BCUT2D eigenvalue weighted by molar-refractivity contribution is 7.11. The van der Waals surface area contributed by atoms with Crippen LogP contribution >= 0.6 is 11.3 Å². The van der Waals surface area contributed by atoms with E-state index in [1.165, 1.54) is 11.1 Å². The maximum atomic E-state index is 4.73. The van der Waals surface area contributed by atoms with Gasteiger partial charge in [-0.25, -0.2) is 4.98 Å². The average molecular weight is 278 g/mol. The largest absolute Gasteiger partial charge is 0.277 e. The van der Waals surface area contributed by atoms with Crippen molar-refractivity contribution in [1.29, 1.82) is 0 Å². The van der Waals surface area contributed by atoms with Gasteiger partial charge in [0.15, 0.2) is 0 Å². The highest BCUT2D eigenvalue weighted by atomic mass is 32.1. The molecule has 0 saturated heterocycles. The van der Waals surface area contributed by atoms with Gasteiger partial charge in [0.2, 0.25) is 0 Å². The first-order valence-electron chi connectivity index (χ1n) is 6.46. The lowest BCUT2D eigenvalue weighted by Crippen LogP contribution is -1.98. The van der Waals surface area contributed by atoms with E-state index < -0.39 is 0 Å². The molecule has 0 unspecified atom stereocenters. The van der Waals surface area contributed by atoms with Crippen molar-refractivity contribution in [3.63, 3.8) is 0 Å². The molecule has 3 aromatic rings. The molecule has 3 rings (SSSR count). The topological polar surface area (TPSA) is 25.2 Å². The second-order valence-electron chi connectivity index (χ2n) is 4.37. The Kier molecular flexibility index (Phi) is 3.99. The third-order valence-corrected chi connectivity index (χ3v) is 3.73. The molecule has 2 aromatic carbocycles. The Morgan fingerprint density at radius 2 is 1.50 bits per heavy atom. The summed E-state index contributed by atoms with van der Waals surface area (Å²) in [6.07, 6.45) is 3.65. The van der Waals surface area contributed by atoms with E-state index in [1.807, 2.05) is 48.0 Å². The molecule has 0 radical (unpaired) electrons. The van der Waals surface area contributed by atoms with Crippen LogP contribution in [0.2, 0.25) is 0 Å². The zero-order valence-corrected chi connectivity index (χ0v) is 11.7. The summed E-state index contributed by atoms with van der Waals surface area (Å²) in [6.45, 7) is 0. The highest BCUT2D eigenvalue weighted by Crippen LogP contribution is 2.25. The summed E-state index contributed by atoms with van der Waals surface area (Å²) in [5, 5.41) is 2.89. The van der Waals surface area contributed by atoms with E-state index in [0.717, 1.165) is 5.01 Å². The normalized spacial score (nSPS) is 11.2. The average Bonchev–Trinajstić information content (AvgIpc) is 3.03. The van der Waals surface area contributed by atoms with Crippen molar-refractivity contribution < 1.29 is 0 Å². The SMILES string of the molecule is C(=NC(c1ccccc1)c1ccccc1)c1nccs1. The van der Waals surface area contributed by atoms with Gasteiger partial charge in [0, 0.05) is 11.6 Å². The fraction of sp³-hybridized carbons (Fsp3) is 0.0588. The van der Waals surface area contributed by atoms with Gasteiger partial charge in [-0.3, -0.25) is 4.99 Å². The summed E-state index contributed by atoms with van der Waals surface area (Å²) in [5.74, 6) is 0. The summed E-state index contributed by atoms with van der Waals surface area (Å²) in [4.78, 5) is 8.97. The first-order chi connectivity index (χ1) is 9.93. The molecule has 0 aliphatic carbocycles. The molecule has 0 N–H and O–H groups in total. The Hall–Kier alpha value is -2.26. The van der Waals surface area contributed by atoms with Gasteiger partial charge in [-0.15, -0.1) is 11.3 Å². The molecule has 0 spiro atoms. The predicted molar refractivity (Wildman–Crippen MR) is 84.4 cm³/mol. The molecule has 3 heteroatoms. The van der Waals surface area contributed by atoms with Gasteiger partial charge in [0.1, 0.15) is 11.0 Å². The molecule has 0 amide bonds. The maximum Gasteiger partial charge on any atom is 0.133 e. The van der Waals surface area contributed by atoms with Crippen molar-refractivity contribution in [2.45, 2.75) is 6.04 Å². The fourth-order valence-corrected chi connectivity index (χ4v) is 2.58. The number of rotatable bonds is 4. The lowest BCUT2D eigenvalue weighted by Gasteiger charge is -2.13. The van der Waals surface area contributed by atoms with Crippen LogP contribution in [0.4, 0.5) is 0 Å². The summed E-state index contributed by atoms with van der Waals surface area (Å²) in [6, 6.07) is 20.7. The first kappa shape index (κ1) is 12.8. The Morgan fingerprint density at radius 3 is 2.00 bits per heavy atom. The smallest absolute Gasteiger partial charge is 0.133 e. The van der Waals surface area contributed by atoms with Gasteiger partial charge < -0.3 is 0 Å².